The van der Waals surface area contributed by atoms with Gasteiger partial charge in [-0.05, 0) is 25.5 Å². The van der Waals surface area contributed by atoms with Gasteiger partial charge in [-0.1, -0.05) is 6.07 Å². The van der Waals surface area contributed by atoms with Gasteiger partial charge in [-0.2, -0.15) is 0 Å². The smallest absolute Gasteiger partial charge is 0.336 e. The second-order valence-electron chi connectivity index (χ2n) is 3.95. The van der Waals surface area contributed by atoms with Crippen LogP contribution >= 0.6 is 0 Å². The summed E-state index contributed by atoms with van der Waals surface area (Å²) in [6, 6.07) is 2.42. The normalized spacial score (nSPS) is 14.0. The van der Waals surface area contributed by atoms with E-state index in [4.69, 9.17) is 10.2 Å². The van der Waals surface area contributed by atoms with E-state index in [1.54, 1.807) is 0 Å². The highest BCUT2D eigenvalue weighted by molar-refractivity contribution is 5.98. The van der Waals surface area contributed by atoms with Crippen molar-refractivity contribution in [2.75, 3.05) is 0 Å². The van der Waals surface area contributed by atoms with Gasteiger partial charge in [-0.15, -0.1) is 0 Å². The molecule has 0 aromatic heterocycles. The van der Waals surface area contributed by atoms with Crippen LogP contribution in [0.5, 0.6) is 0 Å². The molecule has 0 spiro atoms. The van der Waals surface area contributed by atoms with Crippen LogP contribution in [0, 0.1) is 0 Å². The van der Waals surface area contributed by atoms with Gasteiger partial charge in [0.15, 0.2) is 0 Å². The van der Waals surface area contributed by atoms with Gasteiger partial charge < -0.3 is 20.4 Å². The van der Waals surface area contributed by atoms with Crippen molar-refractivity contribution in [3.05, 3.63) is 34.4 Å². The Hall–Kier alpha value is -1.92. The Bertz CT molecular complexity index is 490. The van der Waals surface area contributed by atoms with Gasteiger partial charge in [0.05, 0.1) is 23.3 Å². The molecule has 0 aliphatic carbocycles. The number of hydrogen-bond acceptors (Lipinski definition) is 4. The van der Waals surface area contributed by atoms with Crippen LogP contribution in [0.15, 0.2) is 12.1 Å². The summed E-state index contributed by atoms with van der Waals surface area (Å²) in [7, 11) is 0. The molecule has 0 aliphatic rings. The average molecular weight is 254 g/mol. The predicted octanol–water partition coefficient (Wildman–Crippen LogP) is 1.19. The Morgan fingerprint density at radius 1 is 1.00 bits per heavy atom. The van der Waals surface area contributed by atoms with E-state index in [-0.39, 0.29) is 22.3 Å². The molecule has 6 heteroatoms. The Labute approximate surface area is 103 Å². The fourth-order valence-electron chi connectivity index (χ4n) is 1.84. The van der Waals surface area contributed by atoms with Crippen LogP contribution in [0.25, 0.3) is 0 Å². The third kappa shape index (κ3) is 2.49. The number of aromatic carboxylic acids is 2. The molecule has 18 heavy (non-hydrogen) atoms. The number of aliphatic hydroxyl groups excluding tert-OH is 2. The van der Waals surface area contributed by atoms with Crippen molar-refractivity contribution in [3.63, 3.8) is 0 Å². The van der Waals surface area contributed by atoms with Crippen LogP contribution in [-0.4, -0.2) is 32.4 Å². The zero-order valence-corrected chi connectivity index (χ0v) is 9.91. The number of aliphatic hydroxyl groups is 2. The van der Waals surface area contributed by atoms with Crippen molar-refractivity contribution in [2.45, 2.75) is 26.1 Å². The molecule has 0 saturated carbocycles. The lowest BCUT2D eigenvalue weighted by Crippen LogP contribution is -2.16. The van der Waals surface area contributed by atoms with Gasteiger partial charge in [0.25, 0.3) is 0 Å². The highest BCUT2D eigenvalue weighted by atomic mass is 16.4. The quantitative estimate of drug-likeness (QED) is 0.641. The van der Waals surface area contributed by atoms with Gasteiger partial charge in [0, 0.05) is 5.56 Å². The molecule has 0 aliphatic heterocycles. The lowest BCUT2D eigenvalue weighted by Gasteiger charge is -2.17. The molecule has 0 heterocycles. The zero-order valence-electron chi connectivity index (χ0n) is 9.91. The number of carbonyl (C=O) groups is 2. The summed E-state index contributed by atoms with van der Waals surface area (Å²) in [6.07, 6.45) is -2.34. The molecule has 6 nitrogen and oxygen atoms in total. The summed E-state index contributed by atoms with van der Waals surface area (Å²) in [6.45, 7) is 2.65. The van der Waals surface area contributed by atoms with Crippen LogP contribution < -0.4 is 0 Å². The first-order valence-corrected chi connectivity index (χ1v) is 5.26. The van der Waals surface area contributed by atoms with Crippen molar-refractivity contribution in [3.8, 4) is 0 Å². The molecule has 0 saturated heterocycles. The summed E-state index contributed by atoms with van der Waals surface area (Å²) < 4.78 is 0. The van der Waals surface area contributed by atoms with Crippen LogP contribution in [0.2, 0.25) is 0 Å². The molecule has 1 aromatic carbocycles. The zero-order chi connectivity index (χ0) is 14.0. The predicted molar refractivity (Wildman–Crippen MR) is 61.6 cm³/mol. The second kappa shape index (κ2) is 5.16. The van der Waals surface area contributed by atoms with Gasteiger partial charge in [-0.3, -0.25) is 0 Å². The number of carboxylic acid groups (broad SMARTS) is 2. The van der Waals surface area contributed by atoms with Gasteiger partial charge in [0.2, 0.25) is 0 Å². The molecule has 4 N–H and O–H groups in total. The topological polar surface area (TPSA) is 115 Å². The minimum Gasteiger partial charge on any atom is -0.478 e. The maximum absolute atomic E-state index is 11.2. The highest BCUT2D eigenvalue weighted by Crippen LogP contribution is 2.29. The van der Waals surface area contributed by atoms with E-state index in [2.05, 4.69) is 0 Å². The molecule has 98 valence electrons. The minimum atomic E-state index is -1.38. The minimum absolute atomic E-state index is 0.0726. The first kappa shape index (κ1) is 14.1. The highest BCUT2D eigenvalue weighted by Gasteiger charge is 2.26. The van der Waals surface area contributed by atoms with Crippen LogP contribution in [0.3, 0.4) is 0 Å². The van der Waals surface area contributed by atoms with E-state index in [0.29, 0.717) is 0 Å². The average Bonchev–Trinajstić information content (AvgIpc) is 2.26. The second-order valence-corrected chi connectivity index (χ2v) is 3.95. The fourth-order valence-corrected chi connectivity index (χ4v) is 1.84. The largest absolute Gasteiger partial charge is 0.478 e. The van der Waals surface area contributed by atoms with Crippen molar-refractivity contribution >= 4 is 11.9 Å². The van der Waals surface area contributed by atoms with Crippen LogP contribution in [0.1, 0.15) is 57.9 Å². The van der Waals surface area contributed by atoms with Gasteiger partial charge in [-0.25, -0.2) is 9.59 Å². The molecule has 0 fully saturated rings. The van der Waals surface area contributed by atoms with E-state index in [9.17, 15) is 19.8 Å². The van der Waals surface area contributed by atoms with E-state index in [1.807, 2.05) is 0 Å². The molecule has 1 aromatic rings. The Morgan fingerprint density at radius 2 is 1.56 bits per heavy atom. The molecule has 0 bridgehead atoms. The van der Waals surface area contributed by atoms with Gasteiger partial charge >= 0.3 is 11.9 Å². The van der Waals surface area contributed by atoms with Crippen LogP contribution in [-0.2, 0) is 0 Å². The number of benzene rings is 1. The standard InChI is InChI=1S/C12H14O6/c1-5(13)7-3-4-8(11(15)16)9(6(2)14)10(7)12(17)18/h3-6,13-14H,1-2H3,(H,15,16)(H,17,18)/t5-,6-/m0/s1. The van der Waals surface area contributed by atoms with E-state index >= 15 is 0 Å². The summed E-state index contributed by atoms with van der Waals surface area (Å²) in [5.74, 6) is -2.71. The molecule has 1 rings (SSSR count). The van der Waals surface area contributed by atoms with Crippen LogP contribution in [0.4, 0.5) is 0 Å². The van der Waals surface area contributed by atoms with E-state index in [0.717, 1.165) is 0 Å². The molecule has 2 atom stereocenters. The Balaban J connectivity index is 3.71. The molecule has 0 unspecified atom stereocenters. The molecule has 0 amide bonds. The molecular formula is C12H14O6. The fraction of sp³-hybridized carbons (Fsp3) is 0.333. The molecule has 0 radical (unpaired) electrons. The maximum atomic E-state index is 11.2. The SMILES string of the molecule is C[C@H](O)c1ccc(C(=O)O)c([C@H](C)O)c1C(=O)O. The molecular weight excluding hydrogens is 240 g/mol. The van der Waals surface area contributed by atoms with Crippen molar-refractivity contribution in [2.24, 2.45) is 0 Å². The maximum Gasteiger partial charge on any atom is 0.336 e. The third-order valence-electron chi connectivity index (χ3n) is 2.59. The monoisotopic (exact) mass is 254 g/mol. The van der Waals surface area contributed by atoms with Crippen molar-refractivity contribution in [1.29, 1.82) is 0 Å². The Kier molecular flexibility index (Phi) is 4.05. The lowest BCUT2D eigenvalue weighted by molar-refractivity contribution is 0.0678. The third-order valence-corrected chi connectivity index (χ3v) is 2.59. The van der Waals surface area contributed by atoms with Gasteiger partial charge in [0.1, 0.15) is 0 Å². The van der Waals surface area contributed by atoms with E-state index < -0.39 is 24.1 Å². The lowest BCUT2D eigenvalue weighted by atomic mass is 9.90. The van der Waals surface area contributed by atoms with Crippen molar-refractivity contribution < 1.29 is 30.0 Å². The van der Waals surface area contributed by atoms with E-state index in [1.165, 1.54) is 26.0 Å². The number of rotatable bonds is 4. The summed E-state index contributed by atoms with van der Waals surface area (Å²) >= 11 is 0. The first-order chi connectivity index (χ1) is 8.27. The summed E-state index contributed by atoms with van der Waals surface area (Å²) in [5, 5.41) is 37.2. The summed E-state index contributed by atoms with van der Waals surface area (Å²) in [4.78, 5) is 22.2. The Morgan fingerprint density at radius 3 is 1.89 bits per heavy atom. The number of carboxylic acids is 2. The summed E-state index contributed by atoms with van der Waals surface area (Å²) in [5.41, 5.74) is -0.775. The van der Waals surface area contributed by atoms with Crippen molar-refractivity contribution in [1.82, 2.24) is 0 Å². The first-order valence-electron chi connectivity index (χ1n) is 5.26. The number of hydrogen-bond donors (Lipinski definition) is 4.